The van der Waals surface area contributed by atoms with Crippen molar-refractivity contribution < 1.29 is 28.9 Å². The number of rotatable bonds is 8. The minimum absolute atomic E-state index is 0.0378. The number of aliphatic carboxylic acids is 1. The predicted octanol–water partition coefficient (Wildman–Crippen LogP) is 3.29. The molecule has 1 heterocycles. The number of carbonyl (C=O) groups is 2. The van der Waals surface area contributed by atoms with Gasteiger partial charge in [0.05, 0.1) is 33.3 Å². The summed E-state index contributed by atoms with van der Waals surface area (Å²) in [5.74, 6) is 0.659. The summed E-state index contributed by atoms with van der Waals surface area (Å²) in [5, 5.41) is 12.2. The predicted molar refractivity (Wildman–Crippen MR) is 107 cm³/mol. The van der Waals surface area contributed by atoms with Crippen molar-refractivity contribution >= 4 is 11.9 Å². The largest absolute Gasteiger partial charge is 0.493 e. The van der Waals surface area contributed by atoms with Crippen molar-refractivity contribution in [1.82, 2.24) is 5.32 Å². The first kappa shape index (κ1) is 20.5. The van der Waals surface area contributed by atoms with E-state index in [2.05, 4.69) is 5.32 Å². The van der Waals surface area contributed by atoms with Crippen molar-refractivity contribution in [3.63, 3.8) is 0 Å². The molecule has 0 saturated heterocycles. The fourth-order valence-electron chi connectivity index (χ4n) is 3.60. The highest BCUT2D eigenvalue weighted by atomic mass is 16.5. The number of amides is 1. The van der Waals surface area contributed by atoms with Gasteiger partial charge in [0, 0.05) is 6.42 Å². The van der Waals surface area contributed by atoms with Gasteiger partial charge in [-0.15, -0.1) is 0 Å². The molecule has 0 aliphatic carbocycles. The first-order valence-corrected chi connectivity index (χ1v) is 9.46. The smallest absolute Gasteiger partial charge is 0.305 e. The molecule has 0 fully saturated rings. The Morgan fingerprint density at radius 1 is 1.17 bits per heavy atom. The molecule has 0 unspecified atom stereocenters. The fraction of sp³-hybridized carbons (Fsp3) is 0.364. The highest BCUT2D eigenvalue weighted by molar-refractivity contribution is 5.79. The molecule has 1 amide bonds. The number of nitrogens with one attached hydrogen (secondary N) is 1. The molecule has 0 spiro atoms. The molecule has 2 aromatic rings. The van der Waals surface area contributed by atoms with E-state index < -0.39 is 12.0 Å². The lowest BCUT2D eigenvalue weighted by Gasteiger charge is -2.26. The Bertz CT molecular complexity index is 881. The number of hydrogen-bond donors (Lipinski definition) is 2. The molecule has 29 heavy (non-hydrogen) atoms. The number of benzene rings is 2. The van der Waals surface area contributed by atoms with Gasteiger partial charge in [0.1, 0.15) is 5.75 Å². The maximum Gasteiger partial charge on any atom is 0.305 e. The molecule has 1 aliphatic heterocycles. The molecule has 154 valence electrons. The second kappa shape index (κ2) is 9.32. The lowest BCUT2D eigenvalue weighted by molar-refractivity contribution is -0.137. The van der Waals surface area contributed by atoms with Crippen LogP contribution < -0.4 is 19.5 Å². The van der Waals surface area contributed by atoms with Gasteiger partial charge in [-0.3, -0.25) is 9.59 Å². The summed E-state index contributed by atoms with van der Waals surface area (Å²) < 4.78 is 16.2. The van der Waals surface area contributed by atoms with Crippen molar-refractivity contribution in [2.24, 2.45) is 0 Å². The van der Waals surface area contributed by atoms with Crippen molar-refractivity contribution in [1.29, 1.82) is 0 Å². The van der Waals surface area contributed by atoms with Crippen LogP contribution in [0.25, 0.3) is 0 Å². The van der Waals surface area contributed by atoms with Gasteiger partial charge in [-0.25, -0.2) is 0 Å². The van der Waals surface area contributed by atoms with E-state index in [1.165, 1.54) is 14.2 Å². The van der Waals surface area contributed by atoms with E-state index in [-0.39, 0.29) is 24.7 Å². The van der Waals surface area contributed by atoms with E-state index in [9.17, 15) is 14.7 Å². The average molecular weight is 399 g/mol. The molecular weight excluding hydrogens is 374 g/mol. The van der Waals surface area contributed by atoms with Crippen molar-refractivity contribution in [2.75, 3.05) is 20.8 Å². The maximum atomic E-state index is 12.8. The second-order valence-corrected chi connectivity index (χ2v) is 6.91. The average Bonchev–Trinajstić information content (AvgIpc) is 2.72. The van der Waals surface area contributed by atoms with E-state index in [1.807, 2.05) is 24.3 Å². The molecule has 2 atom stereocenters. The fourth-order valence-corrected chi connectivity index (χ4v) is 3.60. The quantitative estimate of drug-likeness (QED) is 0.707. The Balaban J connectivity index is 1.76. The number of methoxy groups -OCH3 is 2. The molecule has 2 N–H and O–H groups in total. The van der Waals surface area contributed by atoms with Crippen molar-refractivity contribution in [2.45, 2.75) is 31.2 Å². The number of carboxylic acids is 1. The number of para-hydroxylation sites is 1. The Labute approximate surface area is 169 Å². The van der Waals surface area contributed by atoms with E-state index >= 15 is 0 Å². The summed E-state index contributed by atoms with van der Waals surface area (Å²) in [7, 11) is 3.04. The molecule has 7 nitrogen and oxygen atoms in total. The zero-order valence-electron chi connectivity index (χ0n) is 16.5. The van der Waals surface area contributed by atoms with E-state index in [1.54, 1.807) is 18.2 Å². The Morgan fingerprint density at radius 2 is 1.93 bits per heavy atom. The number of fused-ring (bicyclic) bond motifs is 1. The first-order chi connectivity index (χ1) is 14.0. The Hall–Kier alpha value is -3.22. The number of carboxylic acid groups (broad SMARTS) is 1. The van der Waals surface area contributed by atoms with Crippen LogP contribution in [-0.2, 0) is 9.59 Å². The third kappa shape index (κ3) is 4.99. The van der Waals surface area contributed by atoms with Crippen LogP contribution in [0.5, 0.6) is 17.2 Å². The third-order valence-electron chi connectivity index (χ3n) is 5.04. The van der Waals surface area contributed by atoms with Crippen LogP contribution in [0.3, 0.4) is 0 Å². The highest BCUT2D eigenvalue weighted by Gasteiger charge is 2.26. The lowest BCUT2D eigenvalue weighted by Crippen LogP contribution is -2.32. The van der Waals surface area contributed by atoms with Crippen LogP contribution in [0.2, 0.25) is 0 Å². The topological polar surface area (TPSA) is 94.1 Å². The molecule has 3 rings (SSSR count). The summed E-state index contributed by atoms with van der Waals surface area (Å²) in [4.78, 5) is 24.1. The van der Waals surface area contributed by atoms with Crippen LogP contribution in [0, 0.1) is 0 Å². The lowest BCUT2D eigenvalue weighted by atomic mass is 9.90. The molecule has 7 heteroatoms. The highest BCUT2D eigenvalue weighted by Crippen LogP contribution is 2.36. The summed E-state index contributed by atoms with van der Waals surface area (Å²) in [6.45, 7) is 0.559. The van der Waals surface area contributed by atoms with Gasteiger partial charge in [-0.05, 0) is 41.7 Å². The van der Waals surface area contributed by atoms with Crippen LogP contribution in [-0.4, -0.2) is 37.8 Å². The molecule has 0 saturated carbocycles. The summed E-state index contributed by atoms with van der Waals surface area (Å²) in [6, 6.07) is 12.1. The molecule has 0 aromatic heterocycles. The Morgan fingerprint density at radius 3 is 2.66 bits per heavy atom. The third-order valence-corrected chi connectivity index (χ3v) is 5.04. The maximum absolute atomic E-state index is 12.8. The molecule has 0 radical (unpaired) electrons. The standard InChI is InChI=1S/C22H25NO6/c1-27-19-8-7-15(11-20(19)28-2)17(13-22(25)26)23-21(24)12-14-9-10-29-18-6-4-3-5-16(14)18/h3-8,11,14,17H,9-10,12-13H2,1-2H3,(H,23,24)(H,25,26)/t14-,17-/m0/s1. The van der Waals surface area contributed by atoms with Crippen LogP contribution in [0.4, 0.5) is 0 Å². The molecule has 2 aromatic carbocycles. The second-order valence-electron chi connectivity index (χ2n) is 6.91. The van der Waals surface area contributed by atoms with Gasteiger partial charge in [0.2, 0.25) is 5.91 Å². The van der Waals surface area contributed by atoms with Crippen molar-refractivity contribution in [3.05, 3.63) is 53.6 Å². The van der Waals surface area contributed by atoms with Gasteiger partial charge in [-0.2, -0.15) is 0 Å². The minimum Gasteiger partial charge on any atom is -0.493 e. The molecular formula is C22H25NO6. The summed E-state index contributed by atoms with van der Waals surface area (Å²) in [6.07, 6.45) is 0.778. The first-order valence-electron chi connectivity index (χ1n) is 9.46. The van der Waals surface area contributed by atoms with Gasteiger partial charge in [0.15, 0.2) is 11.5 Å². The van der Waals surface area contributed by atoms with E-state index in [0.717, 1.165) is 17.7 Å². The zero-order valence-corrected chi connectivity index (χ0v) is 16.5. The van der Waals surface area contributed by atoms with Crippen LogP contribution in [0.1, 0.15) is 42.3 Å². The van der Waals surface area contributed by atoms with Gasteiger partial charge >= 0.3 is 5.97 Å². The van der Waals surface area contributed by atoms with Gasteiger partial charge < -0.3 is 24.6 Å². The van der Waals surface area contributed by atoms with Crippen molar-refractivity contribution in [3.8, 4) is 17.2 Å². The van der Waals surface area contributed by atoms with E-state index in [4.69, 9.17) is 14.2 Å². The SMILES string of the molecule is COc1ccc([C@H](CC(=O)O)NC(=O)C[C@@H]2CCOc3ccccc32)cc1OC. The zero-order chi connectivity index (χ0) is 20.8. The Kier molecular flexibility index (Phi) is 6.59. The number of carbonyl (C=O) groups excluding carboxylic acids is 1. The van der Waals surface area contributed by atoms with Crippen LogP contribution in [0.15, 0.2) is 42.5 Å². The number of hydrogen-bond acceptors (Lipinski definition) is 5. The minimum atomic E-state index is -0.999. The van der Waals surface area contributed by atoms with E-state index in [0.29, 0.717) is 23.7 Å². The molecule has 0 bridgehead atoms. The monoisotopic (exact) mass is 399 g/mol. The van der Waals surface area contributed by atoms with Gasteiger partial charge in [0.25, 0.3) is 0 Å². The van der Waals surface area contributed by atoms with Gasteiger partial charge in [-0.1, -0.05) is 24.3 Å². The summed E-state index contributed by atoms with van der Waals surface area (Å²) in [5.41, 5.74) is 1.65. The summed E-state index contributed by atoms with van der Waals surface area (Å²) >= 11 is 0. The van der Waals surface area contributed by atoms with Crippen LogP contribution >= 0.6 is 0 Å². The molecule has 1 aliphatic rings. The normalized spacial score (nSPS) is 16.1. The number of ether oxygens (including phenoxy) is 3.